The Labute approximate surface area is 77.2 Å². The van der Waals surface area contributed by atoms with Crippen LogP contribution in [-0.2, 0) is 9.53 Å². The largest absolute Gasteiger partial charge is 0.394 e. The first-order valence-corrected chi connectivity index (χ1v) is 4.42. The maximum Gasteiger partial charge on any atom is 0.246 e. The van der Waals surface area contributed by atoms with Gasteiger partial charge in [0.25, 0.3) is 0 Å². The summed E-state index contributed by atoms with van der Waals surface area (Å²) in [4.78, 5) is 11.1. The topological polar surface area (TPSA) is 84.6 Å². The fourth-order valence-corrected chi connectivity index (χ4v) is 1.05. The lowest BCUT2D eigenvalue weighted by molar-refractivity contribution is -0.126. The first-order chi connectivity index (χ1) is 6.22. The number of hydrogen-bond donors (Lipinski definition) is 3. The molecule has 76 valence electrons. The number of nitrogens with two attached hydrogens (primary N) is 1. The summed E-state index contributed by atoms with van der Waals surface area (Å²) in [6.45, 7) is 0.840. The Morgan fingerprint density at radius 2 is 2.31 bits per heavy atom. The van der Waals surface area contributed by atoms with Crippen LogP contribution in [0.5, 0.6) is 0 Å². The second-order valence-electron chi connectivity index (χ2n) is 3.33. The number of aliphatic hydroxyl groups excluding tert-OH is 1. The van der Waals surface area contributed by atoms with Gasteiger partial charge in [-0.05, 0) is 12.8 Å². The number of amides is 1. The Hall–Kier alpha value is -0.650. The van der Waals surface area contributed by atoms with Crippen molar-refractivity contribution in [3.05, 3.63) is 0 Å². The number of hydrogen-bond acceptors (Lipinski definition) is 4. The molecule has 0 heterocycles. The van der Waals surface area contributed by atoms with E-state index in [9.17, 15) is 4.79 Å². The summed E-state index contributed by atoms with van der Waals surface area (Å²) in [6.07, 6.45) is 1.71. The number of carbonyl (C=O) groups is 1. The van der Waals surface area contributed by atoms with Crippen LogP contribution in [0.15, 0.2) is 0 Å². The molecule has 5 nitrogen and oxygen atoms in total. The van der Waals surface area contributed by atoms with E-state index >= 15 is 0 Å². The van der Waals surface area contributed by atoms with Gasteiger partial charge < -0.3 is 20.9 Å². The number of carbonyl (C=O) groups excluding carboxylic acids is 1. The van der Waals surface area contributed by atoms with Crippen molar-refractivity contribution >= 4 is 5.91 Å². The van der Waals surface area contributed by atoms with Gasteiger partial charge >= 0.3 is 0 Å². The highest BCUT2D eigenvalue weighted by Gasteiger charge is 2.43. The molecule has 0 aromatic heterocycles. The van der Waals surface area contributed by atoms with Crippen LogP contribution in [0.3, 0.4) is 0 Å². The standard InChI is InChI=1S/C8H16N2O3/c9-3-4-13-5-7(12)10-8(6-11)1-2-8/h11H,1-6,9H2,(H,10,12). The monoisotopic (exact) mass is 188 g/mol. The zero-order valence-electron chi connectivity index (χ0n) is 7.58. The van der Waals surface area contributed by atoms with E-state index in [0.717, 1.165) is 12.8 Å². The van der Waals surface area contributed by atoms with E-state index in [2.05, 4.69) is 5.32 Å². The van der Waals surface area contributed by atoms with Crippen LogP contribution >= 0.6 is 0 Å². The van der Waals surface area contributed by atoms with Gasteiger partial charge in [-0.25, -0.2) is 0 Å². The van der Waals surface area contributed by atoms with Crippen molar-refractivity contribution < 1.29 is 14.6 Å². The van der Waals surface area contributed by atoms with Crippen LogP contribution in [0.25, 0.3) is 0 Å². The predicted octanol–water partition coefficient (Wildman–Crippen LogP) is -1.40. The van der Waals surface area contributed by atoms with Crippen molar-refractivity contribution in [2.75, 3.05) is 26.4 Å². The maximum atomic E-state index is 11.1. The molecule has 0 aliphatic heterocycles. The molecule has 1 rings (SSSR count). The Bertz CT molecular complexity index is 180. The predicted molar refractivity (Wildman–Crippen MR) is 47.1 cm³/mol. The average Bonchev–Trinajstić information content (AvgIpc) is 2.86. The fraction of sp³-hybridized carbons (Fsp3) is 0.875. The highest BCUT2D eigenvalue weighted by atomic mass is 16.5. The van der Waals surface area contributed by atoms with E-state index in [4.69, 9.17) is 15.6 Å². The quantitative estimate of drug-likeness (QED) is 0.448. The minimum atomic E-state index is -0.344. The minimum Gasteiger partial charge on any atom is -0.394 e. The molecule has 0 aromatic carbocycles. The Kier molecular flexibility index (Phi) is 3.65. The van der Waals surface area contributed by atoms with Gasteiger partial charge in [0.2, 0.25) is 5.91 Å². The summed E-state index contributed by atoms with van der Waals surface area (Å²) < 4.78 is 4.94. The van der Waals surface area contributed by atoms with Crippen molar-refractivity contribution in [3.8, 4) is 0 Å². The van der Waals surface area contributed by atoms with Gasteiger partial charge in [0, 0.05) is 6.54 Å². The third kappa shape index (κ3) is 3.30. The van der Waals surface area contributed by atoms with E-state index < -0.39 is 0 Å². The van der Waals surface area contributed by atoms with Crippen LogP contribution in [0.1, 0.15) is 12.8 Å². The lowest BCUT2D eigenvalue weighted by atomic mass is 10.3. The van der Waals surface area contributed by atoms with Gasteiger partial charge in [0.15, 0.2) is 0 Å². The van der Waals surface area contributed by atoms with Crippen molar-refractivity contribution in [2.24, 2.45) is 5.73 Å². The van der Waals surface area contributed by atoms with Crippen LogP contribution in [-0.4, -0.2) is 42.9 Å². The van der Waals surface area contributed by atoms with Crippen LogP contribution in [0, 0.1) is 0 Å². The molecular formula is C8H16N2O3. The maximum absolute atomic E-state index is 11.1. The van der Waals surface area contributed by atoms with Crippen molar-refractivity contribution in [1.29, 1.82) is 0 Å². The molecule has 0 saturated heterocycles. The van der Waals surface area contributed by atoms with E-state index in [1.807, 2.05) is 0 Å². The summed E-state index contributed by atoms with van der Waals surface area (Å²) >= 11 is 0. The van der Waals surface area contributed by atoms with E-state index in [0.29, 0.717) is 13.2 Å². The Morgan fingerprint density at radius 1 is 1.62 bits per heavy atom. The molecule has 1 fully saturated rings. The lowest BCUT2D eigenvalue weighted by Crippen LogP contribution is -2.41. The van der Waals surface area contributed by atoms with E-state index in [1.165, 1.54) is 0 Å². The van der Waals surface area contributed by atoms with Gasteiger partial charge in [-0.3, -0.25) is 4.79 Å². The van der Waals surface area contributed by atoms with Crippen molar-refractivity contribution in [1.82, 2.24) is 5.32 Å². The molecule has 0 radical (unpaired) electrons. The molecule has 4 N–H and O–H groups in total. The Morgan fingerprint density at radius 3 is 2.77 bits per heavy atom. The first kappa shape index (κ1) is 10.4. The number of rotatable bonds is 6. The first-order valence-electron chi connectivity index (χ1n) is 4.42. The number of ether oxygens (including phenoxy) is 1. The Balaban J connectivity index is 2.11. The smallest absolute Gasteiger partial charge is 0.246 e. The molecule has 1 aliphatic carbocycles. The summed E-state index contributed by atoms with van der Waals surface area (Å²) in [7, 11) is 0. The SMILES string of the molecule is NCCOCC(=O)NC1(CO)CC1. The van der Waals surface area contributed by atoms with Crippen LogP contribution in [0.2, 0.25) is 0 Å². The fourth-order valence-electron chi connectivity index (χ4n) is 1.05. The molecule has 0 unspecified atom stereocenters. The summed E-state index contributed by atoms with van der Waals surface area (Å²) in [5.74, 6) is -0.181. The molecule has 0 bridgehead atoms. The number of nitrogens with one attached hydrogen (secondary N) is 1. The molecule has 0 aromatic rings. The van der Waals surface area contributed by atoms with E-state index in [1.54, 1.807) is 0 Å². The third-order valence-electron chi connectivity index (χ3n) is 2.06. The molecule has 0 atom stereocenters. The van der Waals surface area contributed by atoms with Gasteiger partial charge in [0.05, 0.1) is 18.8 Å². The third-order valence-corrected chi connectivity index (χ3v) is 2.06. The normalized spacial score (nSPS) is 18.3. The summed E-state index contributed by atoms with van der Waals surface area (Å²) in [6, 6.07) is 0. The lowest BCUT2D eigenvalue weighted by Gasteiger charge is -2.13. The van der Waals surface area contributed by atoms with Gasteiger partial charge in [-0.2, -0.15) is 0 Å². The van der Waals surface area contributed by atoms with Crippen LogP contribution in [0.4, 0.5) is 0 Å². The zero-order valence-corrected chi connectivity index (χ0v) is 7.58. The summed E-state index contributed by atoms with van der Waals surface area (Å²) in [5.41, 5.74) is 4.84. The number of aliphatic hydroxyl groups is 1. The molecule has 1 aliphatic rings. The average molecular weight is 188 g/mol. The van der Waals surface area contributed by atoms with Gasteiger partial charge in [0.1, 0.15) is 6.61 Å². The van der Waals surface area contributed by atoms with Crippen molar-refractivity contribution in [2.45, 2.75) is 18.4 Å². The minimum absolute atomic E-state index is 0.00955. The van der Waals surface area contributed by atoms with Gasteiger partial charge in [-0.15, -0.1) is 0 Å². The highest BCUT2D eigenvalue weighted by molar-refractivity contribution is 5.78. The van der Waals surface area contributed by atoms with E-state index in [-0.39, 0.29) is 24.7 Å². The molecule has 1 amide bonds. The zero-order chi connectivity index (χ0) is 9.73. The molecular weight excluding hydrogens is 172 g/mol. The molecule has 1 saturated carbocycles. The highest BCUT2D eigenvalue weighted by Crippen LogP contribution is 2.34. The van der Waals surface area contributed by atoms with Gasteiger partial charge in [-0.1, -0.05) is 0 Å². The molecule has 13 heavy (non-hydrogen) atoms. The molecule has 0 spiro atoms. The second-order valence-corrected chi connectivity index (χ2v) is 3.33. The van der Waals surface area contributed by atoms with Crippen molar-refractivity contribution in [3.63, 3.8) is 0 Å². The van der Waals surface area contributed by atoms with Crippen LogP contribution < -0.4 is 11.1 Å². The molecule has 5 heteroatoms. The second kappa shape index (κ2) is 4.55. The summed E-state index contributed by atoms with van der Waals surface area (Å²) in [5, 5.41) is 11.6.